The van der Waals surface area contributed by atoms with E-state index < -0.39 is 0 Å². The summed E-state index contributed by atoms with van der Waals surface area (Å²) in [6.07, 6.45) is 3.34. The monoisotopic (exact) mass is 339 g/mol. The van der Waals surface area contributed by atoms with E-state index >= 15 is 0 Å². The fourth-order valence-electron chi connectivity index (χ4n) is 2.67. The molecule has 7 heteroatoms. The first-order valence-electron chi connectivity index (χ1n) is 8.13. The van der Waals surface area contributed by atoms with E-state index in [-0.39, 0.29) is 5.91 Å². The van der Waals surface area contributed by atoms with E-state index in [1.807, 2.05) is 51.1 Å². The van der Waals surface area contributed by atoms with E-state index in [4.69, 9.17) is 4.74 Å². The van der Waals surface area contributed by atoms with E-state index in [0.717, 1.165) is 11.4 Å². The molecule has 0 atom stereocenters. The fraction of sp³-hybridized carbons (Fsp3) is 0.278. The molecular formula is C18H21N5O2. The lowest BCUT2D eigenvalue weighted by atomic mass is 10.2. The number of carbonyl (C=O) groups excluding carboxylic acids is 1. The number of amides is 1. The number of nitrogens with zero attached hydrogens (tertiary/aromatic N) is 4. The number of rotatable bonds is 6. The number of anilines is 1. The largest absolute Gasteiger partial charge is 0.360 e. The minimum Gasteiger partial charge on any atom is -0.360 e. The van der Waals surface area contributed by atoms with Gasteiger partial charge in [-0.05, 0) is 32.9 Å². The zero-order valence-electron chi connectivity index (χ0n) is 14.6. The molecule has 0 radical (unpaired) electrons. The molecule has 0 spiro atoms. The first-order valence-corrected chi connectivity index (χ1v) is 8.13. The highest BCUT2D eigenvalue weighted by Crippen LogP contribution is 2.19. The minimum absolute atomic E-state index is 0.201. The number of benzene rings is 1. The minimum atomic E-state index is -0.201. The quantitative estimate of drug-likeness (QED) is 0.749. The topological polar surface area (TPSA) is 74.0 Å². The van der Waals surface area contributed by atoms with Crippen LogP contribution in [-0.2, 0) is 11.5 Å². The van der Waals surface area contributed by atoms with Crippen LogP contribution in [-0.4, -0.2) is 32.1 Å². The molecule has 1 aromatic carbocycles. The van der Waals surface area contributed by atoms with Crippen molar-refractivity contribution < 1.29 is 9.53 Å². The number of aromatic nitrogens is 4. The maximum Gasteiger partial charge on any atom is 0.259 e. The summed E-state index contributed by atoms with van der Waals surface area (Å²) in [5.74, 6) is -0.201. The molecule has 0 aliphatic rings. The standard InChI is InChI=1S/C18H21N5O2/c1-4-25-12-22-11-15(10-19-22)20-18(24)17-13(2)21-23(14(17)3)16-8-6-5-7-9-16/h5-11H,4,12H2,1-3H3,(H,20,24). The van der Waals surface area contributed by atoms with Crippen molar-refractivity contribution in [1.82, 2.24) is 19.6 Å². The third-order valence-corrected chi connectivity index (χ3v) is 3.84. The summed E-state index contributed by atoms with van der Waals surface area (Å²) in [7, 11) is 0. The second kappa shape index (κ2) is 7.31. The Labute approximate surface area is 146 Å². The molecule has 0 fully saturated rings. The van der Waals surface area contributed by atoms with Crippen molar-refractivity contribution in [1.29, 1.82) is 0 Å². The van der Waals surface area contributed by atoms with Gasteiger partial charge in [0.05, 0.1) is 40.7 Å². The molecule has 1 N–H and O–H groups in total. The summed E-state index contributed by atoms with van der Waals surface area (Å²) in [6, 6.07) is 9.75. The summed E-state index contributed by atoms with van der Waals surface area (Å²) in [5, 5.41) is 11.5. The lowest BCUT2D eigenvalue weighted by molar-refractivity contribution is 0.0792. The Hall–Kier alpha value is -2.93. The van der Waals surface area contributed by atoms with Crippen LogP contribution in [0.1, 0.15) is 28.7 Å². The van der Waals surface area contributed by atoms with E-state index in [1.54, 1.807) is 21.8 Å². The molecule has 1 amide bonds. The van der Waals surface area contributed by atoms with Gasteiger partial charge in [-0.3, -0.25) is 4.79 Å². The maximum atomic E-state index is 12.7. The molecule has 0 aliphatic heterocycles. The van der Waals surface area contributed by atoms with E-state index in [9.17, 15) is 4.79 Å². The molecule has 3 aromatic rings. The molecule has 7 nitrogen and oxygen atoms in total. The van der Waals surface area contributed by atoms with Crippen LogP contribution in [0.5, 0.6) is 0 Å². The predicted molar refractivity (Wildman–Crippen MR) is 94.8 cm³/mol. The Morgan fingerprint density at radius 1 is 1.24 bits per heavy atom. The number of hydrogen-bond acceptors (Lipinski definition) is 4. The molecule has 0 aliphatic carbocycles. The van der Waals surface area contributed by atoms with Crippen LogP contribution in [0, 0.1) is 13.8 Å². The van der Waals surface area contributed by atoms with Crippen LogP contribution >= 0.6 is 0 Å². The molecule has 3 rings (SSSR count). The highest BCUT2D eigenvalue weighted by molar-refractivity contribution is 6.05. The SMILES string of the molecule is CCOCn1cc(NC(=O)c2c(C)nn(-c3ccccc3)c2C)cn1. The lowest BCUT2D eigenvalue weighted by Gasteiger charge is -2.05. The average Bonchev–Trinajstić information content (AvgIpc) is 3.17. The van der Waals surface area contributed by atoms with Crippen molar-refractivity contribution in [3.8, 4) is 5.69 Å². The van der Waals surface area contributed by atoms with Crippen molar-refractivity contribution in [2.45, 2.75) is 27.5 Å². The highest BCUT2D eigenvalue weighted by Gasteiger charge is 2.19. The molecule has 0 bridgehead atoms. The van der Waals surface area contributed by atoms with Gasteiger partial charge in [-0.25, -0.2) is 9.36 Å². The molecule has 0 unspecified atom stereocenters. The van der Waals surface area contributed by atoms with Crippen LogP contribution in [0.4, 0.5) is 5.69 Å². The average molecular weight is 339 g/mol. The number of ether oxygens (including phenoxy) is 1. The van der Waals surface area contributed by atoms with Crippen LogP contribution < -0.4 is 5.32 Å². The zero-order chi connectivity index (χ0) is 17.8. The van der Waals surface area contributed by atoms with Gasteiger partial charge in [0.1, 0.15) is 6.73 Å². The van der Waals surface area contributed by atoms with Gasteiger partial charge in [0.15, 0.2) is 0 Å². The van der Waals surface area contributed by atoms with Gasteiger partial charge in [0.25, 0.3) is 5.91 Å². The smallest absolute Gasteiger partial charge is 0.259 e. The Balaban J connectivity index is 1.81. The number of hydrogen-bond donors (Lipinski definition) is 1. The van der Waals surface area contributed by atoms with Crippen LogP contribution in [0.15, 0.2) is 42.7 Å². The summed E-state index contributed by atoms with van der Waals surface area (Å²) >= 11 is 0. The molecule has 0 saturated heterocycles. The zero-order valence-corrected chi connectivity index (χ0v) is 14.6. The first kappa shape index (κ1) is 16.9. The molecule has 0 saturated carbocycles. The van der Waals surface area contributed by atoms with Gasteiger partial charge in [-0.1, -0.05) is 18.2 Å². The van der Waals surface area contributed by atoms with Crippen molar-refractivity contribution in [2.75, 3.05) is 11.9 Å². The normalized spacial score (nSPS) is 10.8. The van der Waals surface area contributed by atoms with E-state index in [1.165, 1.54) is 0 Å². The van der Waals surface area contributed by atoms with Gasteiger partial charge in [-0.2, -0.15) is 10.2 Å². The van der Waals surface area contributed by atoms with Crippen molar-refractivity contribution in [3.63, 3.8) is 0 Å². The van der Waals surface area contributed by atoms with Crippen LogP contribution in [0.2, 0.25) is 0 Å². The summed E-state index contributed by atoms with van der Waals surface area (Å²) in [5.41, 5.74) is 3.59. The fourth-order valence-corrected chi connectivity index (χ4v) is 2.67. The number of aryl methyl sites for hydroxylation is 1. The molecule has 2 heterocycles. The van der Waals surface area contributed by atoms with Crippen molar-refractivity contribution >= 4 is 11.6 Å². The van der Waals surface area contributed by atoms with Gasteiger partial charge in [0, 0.05) is 6.61 Å². The van der Waals surface area contributed by atoms with Crippen LogP contribution in [0.3, 0.4) is 0 Å². The highest BCUT2D eigenvalue weighted by atomic mass is 16.5. The predicted octanol–water partition coefficient (Wildman–Crippen LogP) is 2.93. The third-order valence-electron chi connectivity index (χ3n) is 3.84. The summed E-state index contributed by atoms with van der Waals surface area (Å²) < 4.78 is 8.70. The van der Waals surface area contributed by atoms with Gasteiger partial charge in [-0.15, -0.1) is 0 Å². The Kier molecular flexibility index (Phi) is 4.95. The van der Waals surface area contributed by atoms with E-state index in [2.05, 4.69) is 15.5 Å². The molecule has 130 valence electrons. The van der Waals surface area contributed by atoms with Gasteiger partial charge in [0.2, 0.25) is 0 Å². The number of para-hydroxylation sites is 1. The Morgan fingerprint density at radius 3 is 2.72 bits per heavy atom. The number of carbonyl (C=O) groups is 1. The Morgan fingerprint density at radius 2 is 2.00 bits per heavy atom. The third kappa shape index (κ3) is 3.61. The van der Waals surface area contributed by atoms with Crippen molar-refractivity contribution in [3.05, 3.63) is 59.7 Å². The summed E-state index contributed by atoms with van der Waals surface area (Å²) in [4.78, 5) is 12.7. The first-order chi connectivity index (χ1) is 12.1. The molecule has 25 heavy (non-hydrogen) atoms. The van der Waals surface area contributed by atoms with Crippen LogP contribution in [0.25, 0.3) is 5.69 Å². The second-order valence-electron chi connectivity index (χ2n) is 5.64. The van der Waals surface area contributed by atoms with Crippen molar-refractivity contribution in [2.24, 2.45) is 0 Å². The maximum absolute atomic E-state index is 12.7. The van der Waals surface area contributed by atoms with Gasteiger partial charge >= 0.3 is 0 Å². The summed E-state index contributed by atoms with van der Waals surface area (Å²) in [6.45, 7) is 6.61. The second-order valence-corrected chi connectivity index (χ2v) is 5.64. The lowest BCUT2D eigenvalue weighted by Crippen LogP contribution is -2.14. The molecule has 2 aromatic heterocycles. The Bertz CT molecular complexity index is 867. The van der Waals surface area contributed by atoms with E-state index in [0.29, 0.717) is 30.3 Å². The van der Waals surface area contributed by atoms with Gasteiger partial charge < -0.3 is 10.1 Å². The number of nitrogens with one attached hydrogen (secondary N) is 1. The molecular weight excluding hydrogens is 318 g/mol.